The van der Waals surface area contributed by atoms with E-state index in [0.717, 1.165) is 30.9 Å². The van der Waals surface area contributed by atoms with E-state index in [1.165, 1.54) is 0 Å². The monoisotopic (exact) mass is 236 g/mol. The summed E-state index contributed by atoms with van der Waals surface area (Å²) in [4.78, 5) is 0. The molecule has 1 aliphatic rings. The van der Waals surface area contributed by atoms with Crippen LogP contribution in [0.4, 0.5) is 11.4 Å². The van der Waals surface area contributed by atoms with Gasteiger partial charge in [-0.1, -0.05) is 0 Å². The van der Waals surface area contributed by atoms with Crippen molar-refractivity contribution in [3.05, 3.63) is 18.2 Å². The minimum atomic E-state index is 0.417. The highest BCUT2D eigenvalue weighted by Crippen LogP contribution is 2.29. The van der Waals surface area contributed by atoms with Crippen LogP contribution in [-0.2, 0) is 4.74 Å². The van der Waals surface area contributed by atoms with Crippen molar-refractivity contribution >= 4 is 11.4 Å². The van der Waals surface area contributed by atoms with Crippen LogP contribution in [0.2, 0.25) is 0 Å². The molecule has 3 N–H and O–H groups in total. The fraction of sp³-hybridized carbons (Fsp3) is 0.538. The van der Waals surface area contributed by atoms with Crippen LogP contribution in [0, 0.1) is 0 Å². The molecule has 0 unspecified atom stereocenters. The Morgan fingerprint density at radius 3 is 2.76 bits per heavy atom. The molecule has 1 saturated carbocycles. The number of nitrogen functional groups attached to an aromatic ring is 1. The molecule has 0 atom stereocenters. The Hall–Kier alpha value is -1.42. The van der Waals surface area contributed by atoms with Crippen molar-refractivity contribution in [3.8, 4) is 5.75 Å². The van der Waals surface area contributed by atoms with Crippen molar-refractivity contribution in [1.29, 1.82) is 0 Å². The van der Waals surface area contributed by atoms with Crippen molar-refractivity contribution in [2.45, 2.75) is 31.9 Å². The molecule has 4 nitrogen and oxygen atoms in total. The normalized spacial score (nSPS) is 22.9. The maximum absolute atomic E-state index is 5.80. The standard InChI is InChI=1S/C13H20N2O2/c1-3-17-13-7-11(8-13)15-10-4-9(14)5-12(6-10)16-2/h4-6,11,13,15H,3,7-8,14H2,1-2H3. The molecular weight excluding hydrogens is 216 g/mol. The van der Waals surface area contributed by atoms with Crippen LogP contribution >= 0.6 is 0 Å². The Bertz CT molecular complexity index is 376. The first kappa shape index (κ1) is 12.0. The first-order valence-corrected chi connectivity index (χ1v) is 6.04. The van der Waals surface area contributed by atoms with E-state index in [1.807, 2.05) is 25.1 Å². The number of anilines is 2. The Morgan fingerprint density at radius 1 is 1.35 bits per heavy atom. The molecule has 0 radical (unpaired) electrons. The lowest BCUT2D eigenvalue weighted by atomic mass is 9.89. The predicted octanol–water partition coefficient (Wildman–Crippen LogP) is 2.26. The summed E-state index contributed by atoms with van der Waals surface area (Å²) in [6, 6.07) is 6.19. The van der Waals surface area contributed by atoms with Crippen LogP contribution in [0.1, 0.15) is 19.8 Å². The van der Waals surface area contributed by atoms with E-state index in [2.05, 4.69) is 5.32 Å². The van der Waals surface area contributed by atoms with Crippen LogP contribution < -0.4 is 15.8 Å². The van der Waals surface area contributed by atoms with Gasteiger partial charge in [0.1, 0.15) is 5.75 Å². The predicted molar refractivity (Wildman–Crippen MR) is 69.5 cm³/mol. The highest BCUT2D eigenvalue weighted by molar-refractivity contribution is 5.59. The van der Waals surface area contributed by atoms with E-state index in [0.29, 0.717) is 17.8 Å². The van der Waals surface area contributed by atoms with Crippen LogP contribution in [0.3, 0.4) is 0 Å². The van der Waals surface area contributed by atoms with E-state index in [4.69, 9.17) is 15.2 Å². The van der Waals surface area contributed by atoms with E-state index in [1.54, 1.807) is 7.11 Å². The summed E-state index contributed by atoms with van der Waals surface area (Å²) in [5.74, 6) is 0.785. The summed E-state index contributed by atoms with van der Waals surface area (Å²) in [6.45, 7) is 2.83. The molecule has 0 saturated heterocycles. The average Bonchev–Trinajstić information content (AvgIpc) is 2.25. The van der Waals surface area contributed by atoms with Gasteiger partial charge in [0.25, 0.3) is 0 Å². The number of nitrogens with two attached hydrogens (primary N) is 1. The average molecular weight is 236 g/mol. The Balaban J connectivity index is 1.89. The van der Waals surface area contributed by atoms with Crippen molar-refractivity contribution in [2.24, 2.45) is 0 Å². The zero-order chi connectivity index (χ0) is 12.3. The number of hydrogen-bond acceptors (Lipinski definition) is 4. The van der Waals surface area contributed by atoms with Gasteiger partial charge in [0.2, 0.25) is 0 Å². The molecule has 1 aliphatic carbocycles. The summed E-state index contributed by atoms with van der Waals surface area (Å²) in [5, 5.41) is 3.44. The third-order valence-corrected chi connectivity index (χ3v) is 3.03. The van der Waals surface area contributed by atoms with Crippen molar-refractivity contribution < 1.29 is 9.47 Å². The van der Waals surface area contributed by atoms with Gasteiger partial charge in [-0.15, -0.1) is 0 Å². The second-order valence-corrected chi connectivity index (χ2v) is 4.38. The second kappa shape index (κ2) is 5.27. The number of ether oxygens (including phenoxy) is 2. The Kier molecular flexibility index (Phi) is 3.74. The summed E-state index contributed by atoms with van der Waals surface area (Å²) < 4.78 is 10.7. The van der Waals surface area contributed by atoms with E-state index >= 15 is 0 Å². The van der Waals surface area contributed by atoms with Gasteiger partial charge >= 0.3 is 0 Å². The van der Waals surface area contributed by atoms with Crippen molar-refractivity contribution in [1.82, 2.24) is 0 Å². The van der Waals surface area contributed by atoms with Crippen molar-refractivity contribution in [2.75, 3.05) is 24.8 Å². The number of nitrogens with one attached hydrogen (secondary N) is 1. The van der Waals surface area contributed by atoms with Crippen molar-refractivity contribution in [3.63, 3.8) is 0 Å². The van der Waals surface area contributed by atoms with Gasteiger partial charge in [-0.05, 0) is 25.8 Å². The van der Waals surface area contributed by atoms with Gasteiger partial charge in [-0.25, -0.2) is 0 Å². The lowest BCUT2D eigenvalue weighted by Gasteiger charge is -2.36. The molecule has 1 aromatic rings. The summed E-state index contributed by atoms with van der Waals surface area (Å²) in [7, 11) is 1.65. The fourth-order valence-electron chi connectivity index (χ4n) is 2.11. The van der Waals surface area contributed by atoms with E-state index in [-0.39, 0.29) is 0 Å². The smallest absolute Gasteiger partial charge is 0.122 e. The number of hydrogen-bond donors (Lipinski definition) is 2. The molecular formula is C13H20N2O2. The highest BCUT2D eigenvalue weighted by atomic mass is 16.5. The van der Waals surface area contributed by atoms with Crippen LogP contribution in [0.25, 0.3) is 0 Å². The highest BCUT2D eigenvalue weighted by Gasteiger charge is 2.29. The molecule has 1 fully saturated rings. The summed E-state index contributed by atoms with van der Waals surface area (Å²) >= 11 is 0. The quantitative estimate of drug-likeness (QED) is 0.770. The van der Waals surface area contributed by atoms with Crippen LogP contribution in [0.5, 0.6) is 5.75 Å². The maximum atomic E-state index is 5.80. The summed E-state index contributed by atoms with van der Waals surface area (Å²) in [6.07, 6.45) is 2.54. The number of rotatable bonds is 5. The minimum Gasteiger partial charge on any atom is -0.497 e. The molecule has 2 rings (SSSR count). The minimum absolute atomic E-state index is 0.417. The molecule has 0 spiro atoms. The lowest BCUT2D eigenvalue weighted by Crippen LogP contribution is -2.40. The molecule has 0 aromatic heterocycles. The van der Waals surface area contributed by atoms with Crippen LogP contribution in [0.15, 0.2) is 18.2 Å². The van der Waals surface area contributed by atoms with E-state index in [9.17, 15) is 0 Å². The molecule has 4 heteroatoms. The zero-order valence-corrected chi connectivity index (χ0v) is 10.4. The largest absolute Gasteiger partial charge is 0.497 e. The fourth-order valence-corrected chi connectivity index (χ4v) is 2.11. The second-order valence-electron chi connectivity index (χ2n) is 4.38. The number of benzene rings is 1. The summed E-state index contributed by atoms with van der Waals surface area (Å²) in [5.41, 5.74) is 7.53. The Morgan fingerprint density at radius 2 is 2.12 bits per heavy atom. The van der Waals surface area contributed by atoms with E-state index < -0.39 is 0 Å². The maximum Gasteiger partial charge on any atom is 0.122 e. The topological polar surface area (TPSA) is 56.5 Å². The van der Waals surface area contributed by atoms with Gasteiger partial charge in [0, 0.05) is 36.2 Å². The van der Waals surface area contributed by atoms with Gasteiger partial charge in [0.15, 0.2) is 0 Å². The number of methoxy groups -OCH3 is 1. The SMILES string of the molecule is CCOC1CC(Nc2cc(N)cc(OC)c2)C1. The molecule has 0 amide bonds. The molecule has 0 heterocycles. The van der Waals surface area contributed by atoms with Gasteiger partial charge in [0.05, 0.1) is 13.2 Å². The Labute approximate surface area is 102 Å². The van der Waals surface area contributed by atoms with Gasteiger partial charge < -0.3 is 20.5 Å². The first-order valence-electron chi connectivity index (χ1n) is 6.04. The third-order valence-electron chi connectivity index (χ3n) is 3.03. The zero-order valence-electron chi connectivity index (χ0n) is 10.4. The first-order chi connectivity index (χ1) is 8.21. The molecule has 17 heavy (non-hydrogen) atoms. The van der Waals surface area contributed by atoms with Gasteiger partial charge in [-0.3, -0.25) is 0 Å². The molecule has 0 aliphatic heterocycles. The lowest BCUT2D eigenvalue weighted by molar-refractivity contribution is 0.00299. The van der Waals surface area contributed by atoms with Crippen LogP contribution in [-0.4, -0.2) is 25.9 Å². The third kappa shape index (κ3) is 3.03. The molecule has 94 valence electrons. The molecule has 0 bridgehead atoms. The molecule has 1 aromatic carbocycles. The van der Waals surface area contributed by atoms with Gasteiger partial charge in [-0.2, -0.15) is 0 Å².